The number of halogens is 1. The molecule has 0 saturated carbocycles. The van der Waals surface area contributed by atoms with Crippen LogP contribution in [0.4, 0.5) is 4.39 Å². The molecule has 0 amide bonds. The van der Waals surface area contributed by atoms with E-state index >= 15 is 4.39 Å². The van der Waals surface area contributed by atoms with E-state index in [1.807, 2.05) is 36.4 Å². The molecule has 2 aromatic carbocycles. The van der Waals surface area contributed by atoms with Crippen molar-refractivity contribution in [2.45, 2.75) is 43.7 Å². The van der Waals surface area contributed by atoms with Crippen LogP contribution in [0.15, 0.2) is 82.5 Å². The molecule has 1 fully saturated rings. The van der Waals surface area contributed by atoms with Gasteiger partial charge in [-0.25, -0.2) is 18.8 Å². The SMILES string of the molecule is COC(=O)C(=O)O[C@]1(C)[C@H](OCc2ccccc2)[C@@](CF)(COCc2ccccc2)O[C@H]1n1ccc(=O)[nH]c1=O. The number of H-pyrrole nitrogens is 1. The van der Waals surface area contributed by atoms with Crippen molar-refractivity contribution in [1.29, 1.82) is 0 Å². The van der Waals surface area contributed by atoms with Crippen LogP contribution in [0.25, 0.3) is 0 Å². The zero-order valence-corrected chi connectivity index (χ0v) is 21.9. The maximum atomic E-state index is 15.2. The first kappa shape index (κ1) is 28.9. The number of nitrogens with one attached hydrogen (secondary N) is 1. The Balaban J connectivity index is 1.77. The molecule has 3 aromatic rings. The van der Waals surface area contributed by atoms with Gasteiger partial charge < -0.3 is 23.7 Å². The summed E-state index contributed by atoms with van der Waals surface area (Å²) in [5, 5.41) is 0. The van der Waals surface area contributed by atoms with Crippen LogP contribution in [0.2, 0.25) is 0 Å². The molecular weight excluding hydrogens is 527 g/mol. The van der Waals surface area contributed by atoms with E-state index in [4.69, 9.17) is 18.9 Å². The number of benzene rings is 2. The van der Waals surface area contributed by atoms with Gasteiger partial charge in [0.15, 0.2) is 17.4 Å². The smallest absolute Gasteiger partial charge is 0.418 e. The lowest BCUT2D eigenvalue weighted by Gasteiger charge is -2.37. The lowest BCUT2D eigenvalue weighted by atomic mass is 9.87. The maximum absolute atomic E-state index is 15.2. The highest BCUT2D eigenvalue weighted by Crippen LogP contribution is 2.48. The van der Waals surface area contributed by atoms with Crippen LogP contribution in [0.3, 0.4) is 0 Å². The molecule has 0 radical (unpaired) electrons. The molecule has 212 valence electrons. The van der Waals surface area contributed by atoms with Gasteiger partial charge in [0.25, 0.3) is 5.56 Å². The minimum atomic E-state index is -1.98. The molecule has 0 aliphatic carbocycles. The number of hydrogen-bond donors (Lipinski definition) is 1. The van der Waals surface area contributed by atoms with Gasteiger partial charge in [0, 0.05) is 12.3 Å². The van der Waals surface area contributed by atoms with Crippen LogP contribution in [-0.4, -0.2) is 59.2 Å². The molecule has 1 aliphatic heterocycles. The number of carbonyl (C=O) groups excluding carboxylic acids is 2. The van der Waals surface area contributed by atoms with Gasteiger partial charge in [-0.05, 0) is 18.1 Å². The second-order valence-corrected chi connectivity index (χ2v) is 9.41. The molecule has 1 aromatic heterocycles. The molecule has 1 saturated heterocycles. The van der Waals surface area contributed by atoms with Crippen molar-refractivity contribution in [1.82, 2.24) is 9.55 Å². The maximum Gasteiger partial charge on any atom is 0.418 e. The molecule has 0 unspecified atom stereocenters. The van der Waals surface area contributed by atoms with Crippen molar-refractivity contribution in [3.05, 3.63) is 105 Å². The average molecular weight is 557 g/mol. The van der Waals surface area contributed by atoms with Crippen molar-refractivity contribution in [3.63, 3.8) is 0 Å². The monoisotopic (exact) mass is 556 g/mol. The first-order valence-electron chi connectivity index (χ1n) is 12.4. The number of nitrogens with zero attached hydrogens (tertiary/aromatic N) is 1. The summed E-state index contributed by atoms with van der Waals surface area (Å²) < 4.78 is 44.4. The number of aromatic nitrogens is 2. The van der Waals surface area contributed by atoms with Crippen molar-refractivity contribution in [2.75, 3.05) is 20.4 Å². The first-order valence-corrected chi connectivity index (χ1v) is 12.4. The van der Waals surface area contributed by atoms with Gasteiger partial charge in [0.1, 0.15) is 12.8 Å². The number of ether oxygens (including phenoxy) is 5. The summed E-state index contributed by atoms with van der Waals surface area (Å²) in [4.78, 5) is 51.4. The minimum Gasteiger partial charge on any atom is -0.461 e. The summed E-state index contributed by atoms with van der Waals surface area (Å²) in [6.45, 7) is -0.174. The second kappa shape index (κ2) is 12.4. The van der Waals surface area contributed by atoms with E-state index in [0.29, 0.717) is 5.56 Å². The molecule has 40 heavy (non-hydrogen) atoms. The van der Waals surface area contributed by atoms with Crippen LogP contribution < -0.4 is 11.2 Å². The highest BCUT2D eigenvalue weighted by atomic mass is 19.1. The Kier molecular flexibility index (Phi) is 8.93. The zero-order chi connectivity index (χ0) is 28.8. The van der Waals surface area contributed by atoms with Crippen LogP contribution in [0, 0.1) is 0 Å². The molecule has 11 nitrogen and oxygen atoms in total. The highest BCUT2D eigenvalue weighted by Gasteiger charge is 2.67. The minimum absolute atomic E-state index is 0.0616. The van der Waals surface area contributed by atoms with Gasteiger partial charge in [-0.1, -0.05) is 60.7 Å². The quantitative estimate of drug-likeness (QED) is 0.294. The van der Waals surface area contributed by atoms with Crippen molar-refractivity contribution in [3.8, 4) is 0 Å². The molecule has 4 atom stereocenters. The number of methoxy groups -OCH3 is 1. The fourth-order valence-electron chi connectivity index (χ4n) is 4.66. The van der Waals surface area contributed by atoms with Gasteiger partial charge in [0.2, 0.25) is 0 Å². The summed E-state index contributed by atoms with van der Waals surface area (Å²) in [6.07, 6.45) is -1.83. The average Bonchev–Trinajstić information content (AvgIpc) is 3.19. The largest absolute Gasteiger partial charge is 0.461 e. The van der Waals surface area contributed by atoms with Gasteiger partial charge in [-0.3, -0.25) is 14.3 Å². The number of alkyl halides is 1. The lowest BCUT2D eigenvalue weighted by molar-refractivity contribution is -0.193. The molecule has 4 rings (SSSR count). The Morgan fingerprint density at radius 3 is 2.17 bits per heavy atom. The van der Waals surface area contributed by atoms with E-state index in [2.05, 4.69) is 9.72 Å². The predicted octanol–water partition coefficient (Wildman–Crippen LogP) is 2.05. The third-order valence-electron chi connectivity index (χ3n) is 6.55. The van der Waals surface area contributed by atoms with Crippen molar-refractivity contribution >= 4 is 11.9 Å². The normalized spacial score (nSPS) is 24.0. The van der Waals surface area contributed by atoms with Gasteiger partial charge in [0.05, 0.1) is 26.9 Å². The number of hydrogen-bond acceptors (Lipinski definition) is 9. The van der Waals surface area contributed by atoms with E-state index in [1.165, 1.54) is 6.92 Å². The number of rotatable bonds is 10. The standard InChI is InChI=1S/C28H29FN2O9/c1-27(39-23(34)22(33)36-2)24(38-16-20-11-7-4-8-12-20)28(17-29,18-37-15-19-9-5-3-6-10-19)40-25(27)31-14-13-21(32)30-26(31)35/h3-14,24-25H,15-18H2,1-2H3,(H,30,32,35)/t24-,25+,27+,28+/m0/s1. The topological polar surface area (TPSA) is 135 Å². The van der Waals surface area contributed by atoms with E-state index in [9.17, 15) is 19.2 Å². The zero-order valence-electron chi connectivity index (χ0n) is 21.9. The Bertz CT molecular complexity index is 1430. The molecular formula is C28H29FN2O9. The fraction of sp³-hybridized carbons (Fsp3) is 0.357. The van der Waals surface area contributed by atoms with E-state index in [1.54, 1.807) is 24.3 Å². The molecule has 2 heterocycles. The summed E-state index contributed by atoms with van der Waals surface area (Å²) >= 11 is 0. The third kappa shape index (κ3) is 6.03. The summed E-state index contributed by atoms with van der Waals surface area (Å²) in [5.74, 6) is -2.74. The van der Waals surface area contributed by atoms with Crippen LogP contribution in [0.1, 0.15) is 24.3 Å². The molecule has 12 heteroatoms. The number of esters is 2. The Morgan fingerprint density at radius 1 is 0.975 bits per heavy atom. The van der Waals surface area contributed by atoms with Gasteiger partial charge in [-0.2, -0.15) is 0 Å². The summed E-state index contributed by atoms with van der Waals surface area (Å²) in [7, 11) is 0.994. The lowest BCUT2D eigenvalue weighted by Crippen LogP contribution is -2.57. The fourth-order valence-corrected chi connectivity index (χ4v) is 4.66. The van der Waals surface area contributed by atoms with E-state index < -0.39 is 53.4 Å². The van der Waals surface area contributed by atoms with Gasteiger partial charge >= 0.3 is 17.6 Å². The predicted molar refractivity (Wildman–Crippen MR) is 138 cm³/mol. The third-order valence-corrected chi connectivity index (χ3v) is 6.55. The van der Waals surface area contributed by atoms with Crippen molar-refractivity contribution < 1.29 is 37.7 Å². The van der Waals surface area contributed by atoms with Gasteiger partial charge in [-0.15, -0.1) is 0 Å². The Labute approximate surface area is 228 Å². The molecule has 1 aliphatic rings. The summed E-state index contributed by atoms with van der Waals surface area (Å²) in [6, 6.07) is 19.1. The number of carbonyl (C=O) groups is 2. The van der Waals surface area contributed by atoms with Crippen LogP contribution >= 0.6 is 0 Å². The van der Waals surface area contributed by atoms with Crippen LogP contribution in [0.5, 0.6) is 0 Å². The highest BCUT2D eigenvalue weighted by molar-refractivity contribution is 6.29. The second-order valence-electron chi connectivity index (χ2n) is 9.41. The molecule has 0 bridgehead atoms. The Hall–Kier alpha value is -4.13. The Morgan fingerprint density at radius 2 is 1.60 bits per heavy atom. The van der Waals surface area contributed by atoms with E-state index in [-0.39, 0.29) is 19.8 Å². The summed E-state index contributed by atoms with van der Waals surface area (Å²) in [5.41, 5.74) is -3.97. The molecule has 1 N–H and O–H groups in total. The van der Waals surface area contributed by atoms with Crippen LogP contribution in [-0.2, 0) is 46.5 Å². The van der Waals surface area contributed by atoms with E-state index in [0.717, 1.165) is 29.5 Å². The van der Waals surface area contributed by atoms with Crippen molar-refractivity contribution in [2.24, 2.45) is 0 Å². The molecule has 0 spiro atoms. The number of aromatic amines is 1. The first-order chi connectivity index (χ1) is 19.2.